The monoisotopic (exact) mass is 337 g/mol. The van der Waals surface area contributed by atoms with Crippen LogP contribution >= 0.6 is 0 Å². The first kappa shape index (κ1) is 16.7. The number of pyridine rings is 2. The van der Waals surface area contributed by atoms with E-state index in [9.17, 15) is 4.79 Å². The maximum atomic E-state index is 12.6. The van der Waals surface area contributed by atoms with Crippen LogP contribution in [-0.2, 0) is 6.42 Å². The lowest BCUT2D eigenvalue weighted by Crippen LogP contribution is -2.33. The van der Waals surface area contributed by atoms with Gasteiger partial charge in [0.1, 0.15) is 17.1 Å². The topological polar surface area (TPSA) is 77.2 Å². The van der Waals surface area contributed by atoms with E-state index < -0.39 is 0 Å². The van der Waals surface area contributed by atoms with Crippen molar-refractivity contribution < 1.29 is 13.9 Å². The molecule has 0 fully saturated rings. The van der Waals surface area contributed by atoms with Crippen LogP contribution in [0.15, 0.2) is 65.7 Å². The molecule has 6 heteroatoms. The molecule has 0 aliphatic rings. The Kier molecular flexibility index (Phi) is 5.41. The minimum absolute atomic E-state index is 0.0101. The van der Waals surface area contributed by atoms with Gasteiger partial charge in [0.05, 0.1) is 12.5 Å². The summed E-state index contributed by atoms with van der Waals surface area (Å²) in [6.07, 6.45) is 8.00. The van der Waals surface area contributed by atoms with Crippen molar-refractivity contribution in [3.63, 3.8) is 0 Å². The molecule has 3 rings (SSSR count). The number of furan rings is 1. The summed E-state index contributed by atoms with van der Waals surface area (Å²) in [5, 5.41) is 2.97. The van der Waals surface area contributed by atoms with Crippen molar-refractivity contribution in [3.8, 4) is 11.6 Å². The van der Waals surface area contributed by atoms with Crippen molar-refractivity contribution in [1.82, 2.24) is 15.3 Å². The molecule has 0 spiro atoms. The van der Waals surface area contributed by atoms with Crippen molar-refractivity contribution >= 4 is 5.91 Å². The molecular weight excluding hydrogens is 318 g/mol. The average Bonchev–Trinajstić information content (AvgIpc) is 3.15. The highest BCUT2D eigenvalue weighted by Crippen LogP contribution is 2.22. The molecule has 128 valence electrons. The first-order chi connectivity index (χ1) is 12.2. The molecule has 0 aromatic carbocycles. The third-order valence-electron chi connectivity index (χ3n) is 3.65. The average molecular weight is 337 g/mol. The van der Waals surface area contributed by atoms with Gasteiger partial charge in [0.2, 0.25) is 5.88 Å². The van der Waals surface area contributed by atoms with Gasteiger partial charge >= 0.3 is 0 Å². The van der Waals surface area contributed by atoms with Crippen LogP contribution in [0, 0.1) is 0 Å². The molecular formula is C19H19N3O3. The molecule has 1 atom stereocenters. The lowest BCUT2D eigenvalue weighted by Gasteiger charge is -2.15. The second-order valence-electron chi connectivity index (χ2n) is 5.64. The molecule has 0 bridgehead atoms. The summed E-state index contributed by atoms with van der Waals surface area (Å²) >= 11 is 0. The lowest BCUT2D eigenvalue weighted by atomic mass is 10.1. The number of aromatic nitrogens is 2. The first-order valence-electron chi connectivity index (χ1n) is 8.08. The molecule has 1 N–H and O–H groups in total. The van der Waals surface area contributed by atoms with Crippen LogP contribution in [0.5, 0.6) is 11.6 Å². The maximum absolute atomic E-state index is 12.6. The number of rotatable bonds is 7. The Morgan fingerprint density at radius 3 is 2.88 bits per heavy atom. The standard InChI is InChI=1S/C19H19N3O3/c1-14(8-9-15-6-4-12-24-15)22-18(23)17-7-3-11-21-19(17)25-16-5-2-10-20-13-16/h2-7,10-14H,8-9H2,1H3,(H,22,23). The predicted octanol–water partition coefficient (Wildman–Crippen LogP) is 3.61. The molecule has 0 aliphatic carbocycles. The van der Waals surface area contributed by atoms with Gasteiger partial charge in [0.15, 0.2) is 0 Å². The summed E-state index contributed by atoms with van der Waals surface area (Å²) in [6, 6.07) is 10.7. The second kappa shape index (κ2) is 8.10. The summed E-state index contributed by atoms with van der Waals surface area (Å²) in [4.78, 5) is 20.7. The van der Waals surface area contributed by atoms with E-state index in [1.165, 1.54) is 0 Å². The van der Waals surface area contributed by atoms with Crippen molar-refractivity contribution in [2.24, 2.45) is 0 Å². The maximum Gasteiger partial charge on any atom is 0.256 e. The summed E-state index contributed by atoms with van der Waals surface area (Å²) < 4.78 is 11.0. The summed E-state index contributed by atoms with van der Waals surface area (Å²) in [6.45, 7) is 1.96. The highest BCUT2D eigenvalue weighted by atomic mass is 16.5. The van der Waals surface area contributed by atoms with Crippen molar-refractivity contribution in [1.29, 1.82) is 0 Å². The van der Waals surface area contributed by atoms with Crippen LogP contribution in [0.4, 0.5) is 0 Å². The van der Waals surface area contributed by atoms with Gasteiger partial charge < -0.3 is 14.5 Å². The number of hydrogen-bond donors (Lipinski definition) is 1. The highest BCUT2D eigenvalue weighted by molar-refractivity contribution is 5.96. The van der Waals surface area contributed by atoms with E-state index in [-0.39, 0.29) is 17.8 Å². The fourth-order valence-corrected chi connectivity index (χ4v) is 2.35. The molecule has 6 nitrogen and oxygen atoms in total. The van der Waals surface area contributed by atoms with Gasteiger partial charge in [0, 0.05) is 24.9 Å². The largest absolute Gasteiger partial charge is 0.469 e. The minimum atomic E-state index is -0.223. The number of nitrogens with zero attached hydrogens (tertiary/aromatic N) is 2. The van der Waals surface area contributed by atoms with E-state index >= 15 is 0 Å². The Hall–Kier alpha value is -3.15. The fourth-order valence-electron chi connectivity index (χ4n) is 2.35. The number of amides is 1. The Morgan fingerprint density at radius 2 is 2.12 bits per heavy atom. The van der Waals surface area contributed by atoms with E-state index in [0.717, 1.165) is 18.6 Å². The van der Waals surface area contributed by atoms with Crippen molar-refractivity contribution in [3.05, 3.63) is 72.6 Å². The number of hydrogen-bond acceptors (Lipinski definition) is 5. The SMILES string of the molecule is CC(CCc1ccco1)NC(=O)c1cccnc1Oc1cccnc1. The van der Waals surface area contributed by atoms with Crippen LogP contribution in [-0.4, -0.2) is 21.9 Å². The number of carbonyl (C=O) groups is 1. The lowest BCUT2D eigenvalue weighted by molar-refractivity contribution is 0.0935. The number of ether oxygens (including phenoxy) is 1. The molecule has 1 unspecified atom stereocenters. The van der Waals surface area contributed by atoms with Crippen LogP contribution in [0.3, 0.4) is 0 Å². The van der Waals surface area contributed by atoms with Crippen LogP contribution in [0.1, 0.15) is 29.5 Å². The fraction of sp³-hybridized carbons (Fsp3) is 0.211. The van der Waals surface area contributed by atoms with Crippen LogP contribution in [0.2, 0.25) is 0 Å². The van der Waals surface area contributed by atoms with Gasteiger partial charge in [0.25, 0.3) is 5.91 Å². The molecule has 1 amide bonds. The van der Waals surface area contributed by atoms with Gasteiger partial charge in [-0.1, -0.05) is 0 Å². The van der Waals surface area contributed by atoms with Gasteiger partial charge in [-0.05, 0) is 49.7 Å². The molecule has 0 saturated heterocycles. The Bertz CT molecular complexity index is 804. The van der Waals surface area contributed by atoms with Gasteiger partial charge in [-0.2, -0.15) is 0 Å². The quantitative estimate of drug-likeness (QED) is 0.712. The molecule has 3 heterocycles. The Balaban J connectivity index is 1.63. The summed E-state index contributed by atoms with van der Waals surface area (Å²) in [7, 11) is 0. The Labute approximate surface area is 145 Å². The zero-order chi connectivity index (χ0) is 17.5. The van der Waals surface area contributed by atoms with Crippen LogP contribution < -0.4 is 10.1 Å². The van der Waals surface area contributed by atoms with E-state index in [1.807, 2.05) is 19.1 Å². The van der Waals surface area contributed by atoms with Crippen molar-refractivity contribution in [2.45, 2.75) is 25.8 Å². The molecule has 0 radical (unpaired) electrons. The first-order valence-corrected chi connectivity index (χ1v) is 8.08. The number of nitrogens with one attached hydrogen (secondary N) is 1. The minimum Gasteiger partial charge on any atom is -0.469 e. The predicted molar refractivity (Wildman–Crippen MR) is 92.5 cm³/mol. The number of carbonyl (C=O) groups excluding carboxylic acids is 1. The Morgan fingerprint density at radius 1 is 1.24 bits per heavy atom. The second-order valence-corrected chi connectivity index (χ2v) is 5.64. The number of aryl methyl sites for hydroxylation is 1. The van der Waals surface area contributed by atoms with Crippen LogP contribution in [0.25, 0.3) is 0 Å². The van der Waals surface area contributed by atoms with Gasteiger partial charge in [-0.3, -0.25) is 9.78 Å². The van der Waals surface area contributed by atoms with Gasteiger partial charge in [-0.25, -0.2) is 4.98 Å². The summed E-state index contributed by atoms with van der Waals surface area (Å²) in [5.74, 6) is 1.47. The zero-order valence-electron chi connectivity index (χ0n) is 13.9. The molecule has 3 aromatic rings. The smallest absolute Gasteiger partial charge is 0.256 e. The van der Waals surface area contributed by atoms with Crippen molar-refractivity contribution in [2.75, 3.05) is 0 Å². The third kappa shape index (κ3) is 4.67. The zero-order valence-corrected chi connectivity index (χ0v) is 13.9. The third-order valence-corrected chi connectivity index (χ3v) is 3.65. The molecule has 3 aromatic heterocycles. The highest BCUT2D eigenvalue weighted by Gasteiger charge is 2.16. The van der Waals surface area contributed by atoms with Gasteiger partial charge in [-0.15, -0.1) is 0 Å². The molecule has 25 heavy (non-hydrogen) atoms. The normalized spacial score (nSPS) is 11.7. The van der Waals surface area contributed by atoms with E-state index in [4.69, 9.17) is 9.15 Å². The van der Waals surface area contributed by atoms with E-state index in [2.05, 4.69) is 15.3 Å². The van der Waals surface area contributed by atoms with E-state index in [1.54, 1.807) is 49.1 Å². The molecule has 0 aliphatic heterocycles. The van der Waals surface area contributed by atoms with E-state index in [0.29, 0.717) is 11.3 Å². The molecule has 0 saturated carbocycles. The summed E-state index contributed by atoms with van der Waals surface area (Å²) in [5.41, 5.74) is 0.385.